The van der Waals surface area contributed by atoms with Crippen LogP contribution in [0.15, 0.2) is 114 Å². The molecule has 0 aliphatic rings. The van der Waals surface area contributed by atoms with E-state index in [0.717, 1.165) is 34.1 Å². The molecule has 0 spiro atoms. The van der Waals surface area contributed by atoms with Crippen LogP contribution in [-0.4, -0.2) is 44.3 Å². The van der Waals surface area contributed by atoms with Gasteiger partial charge in [0.25, 0.3) is 10.0 Å². The molecule has 0 bridgehead atoms. The number of benzene rings is 4. The van der Waals surface area contributed by atoms with Gasteiger partial charge in [-0.25, -0.2) is 12.8 Å². The number of amides is 2. The van der Waals surface area contributed by atoms with Gasteiger partial charge in [-0.1, -0.05) is 78.3 Å². The number of nitrogens with zero attached hydrogens (tertiary/aromatic N) is 2. The molecular formula is C32H31ClFN3O4S. The molecule has 7 nitrogen and oxygen atoms in total. The van der Waals surface area contributed by atoms with Crippen LogP contribution in [0.2, 0.25) is 5.02 Å². The first-order valence-electron chi connectivity index (χ1n) is 13.4. The lowest BCUT2D eigenvalue weighted by atomic mass is 10.0. The van der Waals surface area contributed by atoms with Gasteiger partial charge in [-0.05, 0) is 60.5 Å². The molecule has 0 saturated heterocycles. The molecule has 0 aromatic heterocycles. The quantitative estimate of drug-likeness (QED) is 0.232. The van der Waals surface area contributed by atoms with E-state index < -0.39 is 34.3 Å². The first-order valence-corrected chi connectivity index (χ1v) is 15.2. The highest BCUT2D eigenvalue weighted by atomic mass is 35.5. The smallest absolute Gasteiger partial charge is 0.264 e. The molecule has 4 aromatic carbocycles. The molecule has 1 atom stereocenters. The molecule has 0 radical (unpaired) electrons. The van der Waals surface area contributed by atoms with Gasteiger partial charge in [0.1, 0.15) is 18.4 Å². The summed E-state index contributed by atoms with van der Waals surface area (Å²) in [6.45, 7) is 1.47. The maximum Gasteiger partial charge on any atom is 0.264 e. The van der Waals surface area contributed by atoms with E-state index in [9.17, 15) is 22.4 Å². The molecule has 0 heterocycles. The molecule has 4 rings (SSSR count). The summed E-state index contributed by atoms with van der Waals surface area (Å²) in [4.78, 5) is 28.9. The number of carbonyl (C=O) groups is 2. The third-order valence-corrected chi connectivity index (χ3v) is 8.80. The molecule has 4 aromatic rings. The molecule has 2 amide bonds. The normalized spacial score (nSPS) is 11.9. The summed E-state index contributed by atoms with van der Waals surface area (Å²) in [5.41, 5.74) is 1.66. The lowest BCUT2D eigenvalue weighted by Gasteiger charge is -2.34. The zero-order chi connectivity index (χ0) is 30.1. The molecule has 42 heavy (non-hydrogen) atoms. The molecule has 1 unspecified atom stereocenters. The maximum absolute atomic E-state index is 14.3. The summed E-state index contributed by atoms with van der Waals surface area (Å²) in [5, 5.41) is 3.22. The van der Waals surface area contributed by atoms with Gasteiger partial charge in [0.05, 0.1) is 10.6 Å². The summed E-state index contributed by atoms with van der Waals surface area (Å²) < 4.78 is 42.3. The van der Waals surface area contributed by atoms with Crippen molar-refractivity contribution < 1.29 is 22.4 Å². The van der Waals surface area contributed by atoms with Crippen molar-refractivity contribution in [1.82, 2.24) is 10.2 Å². The number of nitrogens with one attached hydrogen (secondary N) is 1. The average Bonchev–Trinajstić information content (AvgIpc) is 2.99. The maximum atomic E-state index is 14.3. The van der Waals surface area contributed by atoms with Gasteiger partial charge >= 0.3 is 0 Å². The van der Waals surface area contributed by atoms with Crippen molar-refractivity contribution in [2.24, 2.45) is 0 Å². The van der Waals surface area contributed by atoms with Crippen LogP contribution in [0.25, 0.3) is 0 Å². The minimum absolute atomic E-state index is 0.0354. The number of likely N-dealkylation sites (N-methyl/N-ethyl adjacent to an activating group) is 1. The van der Waals surface area contributed by atoms with E-state index in [1.54, 1.807) is 61.5 Å². The second-order valence-corrected chi connectivity index (χ2v) is 11.8. The van der Waals surface area contributed by atoms with Crippen LogP contribution in [0.1, 0.15) is 18.1 Å². The molecule has 218 valence electrons. The summed E-state index contributed by atoms with van der Waals surface area (Å²) in [6.07, 6.45) is 0.193. The minimum Gasteiger partial charge on any atom is -0.355 e. The van der Waals surface area contributed by atoms with Crippen molar-refractivity contribution in [3.8, 4) is 0 Å². The Morgan fingerprint density at radius 1 is 0.857 bits per heavy atom. The van der Waals surface area contributed by atoms with Crippen LogP contribution >= 0.6 is 11.6 Å². The summed E-state index contributed by atoms with van der Waals surface area (Å²) >= 11 is 6.47. The Balaban J connectivity index is 1.78. The second-order valence-electron chi connectivity index (χ2n) is 9.51. The zero-order valence-corrected chi connectivity index (χ0v) is 24.6. The fraction of sp³-hybridized carbons (Fsp3) is 0.188. The average molecular weight is 608 g/mol. The van der Waals surface area contributed by atoms with Crippen molar-refractivity contribution in [2.75, 3.05) is 17.4 Å². The van der Waals surface area contributed by atoms with Crippen molar-refractivity contribution in [3.05, 3.63) is 131 Å². The van der Waals surface area contributed by atoms with Crippen molar-refractivity contribution in [2.45, 2.75) is 30.8 Å². The van der Waals surface area contributed by atoms with Crippen molar-refractivity contribution in [3.63, 3.8) is 0 Å². The SMILES string of the molecule is CCNC(=O)C(Cc1ccccc1)N(Cc1ccccc1Cl)C(=O)CN(c1ccccc1)S(=O)(=O)c1ccc(F)cc1. The summed E-state index contributed by atoms with van der Waals surface area (Å²) in [5.74, 6) is -1.58. The minimum atomic E-state index is -4.30. The topological polar surface area (TPSA) is 86.8 Å². The standard InChI is InChI=1S/C32H31ClFN3O4S/c1-2-35-32(39)30(21-24-11-5-3-6-12-24)36(22-25-13-9-10-16-29(25)33)31(38)23-37(27-14-7-4-8-15-27)42(40,41)28-19-17-26(34)18-20-28/h3-20,30H,2,21-23H2,1H3,(H,35,39). The highest BCUT2D eigenvalue weighted by Gasteiger charge is 2.34. The monoisotopic (exact) mass is 607 g/mol. The number of carbonyl (C=O) groups excluding carboxylic acids is 2. The molecule has 0 aliphatic heterocycles. The highest BCUT2D eigenvalue weighted by Crippen LogP contribution is 2.26. The lowest BCUT2D eigenvalue weighted by molar-refractivity contribution is -0.140. The van der Waals surface area contributed by atoms with Gasteiger partial charge in [0.15, 0.2) is 0 Å². The molecule has 0 aliphatic carbocycles. The zero-order valence-electron chi connectivity index (χ0n) is 23.0. The highest BCUT2D eigenvalue weighted by molar-refractivity contribution is 7.92. The molecule has 1 N–H and O–H groups in total. The van der Waals surface area contributed by atoms with Crippen LogP contribution in [0.4, 0.5) is 10.1 Å². The van der Waals surface area contributed by atoms with E-state index in [2.05, 4.69) is 5.32 Å². The van der Waals surface area contributed by atoms with E-state index in [1.165, 1.54) is 4.90 Å². The van der Waals surface area contributed by atoms with Crippen LogP contribution in [0, 0.1) is 5.82 Å². The second kappa shape index (κ2) is 14.1. The van der Waals surface area contributed by atoms with Crippen molar-refractivity contribution >= 4 is 39.1 Å². The van der Waals surface area contributed by atoms with E-state index in [1.807, 2.05) is 30.3 Å². The van der Waals surface area contributed by atoms with Crippen LogP contribution in [-0.2, 0) is 32.6 Å². The Hall–Kier alpha value is -4.21. The number of sulfonamides is 1. The van der Waals surface area contributed by atoms with Gasteiger partial charge < -0.3 is 10.2 Å². The Bertz CT molecular complexity index is 1600. The van der Waals surface area contributed by atoms with Gasteiger partial charge in [-0.15, -0.1) is 0 Å². The Labute approximate surface area is 250 Å². The third kappa shape index (κ3) is 7.54. The van der Waals surface area contributed by atoms with E-state index in [0.29, 0.717) is 17.1 Å². The summed E-state index contributed by atoms with van der Waals surface area (Å²) in [7, 11) is -4.30. The van der Waals surface area contributed by atoms with Gasteiger partial charge in [-0.2, -0.15) is 0 Å². The van der Waals surface area contributed by atoms with E-state index >= 15 is 0 Å². The fourth-order valence-electron chi connectivity index (χ4n) is 4.51. The number of halogens is 2. The molecular weight excluding hydrogens is 577 g/mol. The molecule has 10 heteroatoms. The van der Waals surface area contributed by atoms with Crippen molar-refractivity contribution in [1.29, 1.82) is 0 Å². The van der Waals surface area contributed by atoms with Gasteiger partial charge in [0, 0.05) is 24.5 Å². The number of hydrogen-bond donors (Lipinski definition) is 1. The number of anilines is 1. The number of rotatable bonds is 12. The van der Waals surface area contributed by atoms with Gasteiger partial charge in [0.2, 0.25) is 11.8 Å². The van der Waals surface area contributed by atoms with Crippen LogP contribution in [0.3, 0.4) is 0 Å². The number of hydrogen-bond acceptors (Lipinski definition) is 4. The predicted molar refractivity (Wildman–Crippen MR) is 162 cm³/mol. The van der Waals surface area contributed by atoms with Crippen LogP contribution < -0.4 is 9.62 Å². The third-order valence-electron chi connectivity index (χ3n) is 6.65. The van der Waals surface area contributed by atoms with E-state index in [-0.39, 0.29) is 29.5 Å². The van der Waals surface area contributed by atoms with Crippen LogP contribution in [0.5, 0.6) is 0 Å². The van der Waals surface area contributed by atoms with Gasteiger partial charge in [-0.3, -0.25) is 13.9 Å². The molecule has 0 saturated carbocycles. The Morgan fingerprint density at radius 2 is 1.45 bits per heavy atom. The van der Waals surface area contributed by atoms with E-state index in [4.69, 9.17) is 11.6 Å². The first kappa shape index (κ1) is 30.7. The summed E-state index contributed by atoms with van der Waals surface area (Å²) in [6, 6.07) is 27.8. The largest absolute Gasteiger partial charge is 0.355 e. The first-order chi connectivity index (χ1) is 20.2. The Kier molecular flexibility index (Phi) is 10.3. The lowest BCUT2D eigenvalue weighted by Crippen LogP contribution is -2.53. The number of para-hydroxylation sites is 1. The Morgan fingerprint density at radius 3 is 2.07 bits per heavy atom. The fourth-order valence-corrected chi connectivity index (χ4v) is 6.12. The molecule has 0 fully saturated rings. The predicted octanol–water partition coefficient (Wildman–Crippen LogP) is 5.45.